The average Bonchev–Trinajstić information content (AvgIpc) is 2.59. The number of hydrogen-bond donors (Lipinski definition) is 2. The lowest BCUT2D eigenvalue weighted by Crippen LogP contribution is -2.51. The van der Waals surface area contributed by atoms with Crippen molar-refractivity contribution >= 4 is 17.6 Å². The van der Waals surface area contributed by atoms with Crippen molar-refractivity contribution in [1.29, 1.82) is 0 Å². The number of likely N-dealkylation sites (N-methyl/N-ethyl adjacent to an activating group) is 1. The predicted molar refractivity (Wildman–Crippen MR) is 100 cm³/mol. The van der Waals surface area contributed by atoms with Gasteiger partial charge in [-0.15, -0.1) is 0 Å². The number of carbonyl (C=O) groups excluding carboxylic acids is 2. The van der Waals surface area contributed by atoms with Gasteiger partial charge >= 0.3 is 6.03 Å². The quantitative estimate of drug-likeness (QED) is 0.829. The standard InChI is InChI=1S/C20H24FN3O2/c1-14(2)18(23-20(26)22-17-10-5-4-6-11-17)19(25)24(3)13-15-8-7-9-16(21)12-15/h4-12,14,18H,13H2,1-3H3,(H2,22,23,26). The van der Waals surface area contributed by atoms with Crippen molar-refractivity contribution in [2.75, 3.05) is 12.4 Å². The van der Waals surface area contributed by atoms with E-state index in [2.05, 4.69) is 10.6 Å². The lowest BCUT2D eigenvalue weighted by molar-refractivity contribution is -0.133. The number of hydrogen-bond acceptors (Lipinski definition) is 2. The number of benzene rings is 2. The fraction of sp³-hybridized carbons (Fsp3) is 0.300. The number of nitrogens with one attached hydrogen (secondary N) is 2. The third-order valence-corrected chi connectivity index (χ3v) is 3.94. The molecule has 0 heterocycles. The minimum Gasteiger partial charge on any atom is -0.340 e. The molecule has 26 heavy (non-hydrogen) atoms. The van der Waals surface area contributed by atoms with Gasteiger partial charge in [0.1, 0.15) is 11.9 Å². The lowest BCUT2D eigenvalue weighted by Gasteiger charge is -2.27. The topological polar surface area (TPSA) is 61.4 Å². The highest BCUT2D eigenvalue weighted by Crippen LogP contribution is 2.11. The van der Waals surface area contributed by atoms with E-state index in [0.717, 1.165) is 0 Å². The molecule has 2 aromatic rings. The summed E-state index contributed by atoms with van der Waals surface area (Å²) in [6.45, 7) is 3.99. The molecule has 0 spiro atoms. The summed E-state index contributed by atoms with van der Waals surface area (Å²) < 4.78 is 13.3. The zero-order valence-corrected chi connectivity index (χ0v) is 15.2. The van der Waals surface area contributed by atoms with E-state index in [9.17, 15) is 14.0 Å². The van der Waals surface area contributed by atoms with Crippen LogP contribution in [0.5, 0.6) is 0 Å². The van der Waals surface area contributed by atoms with Gasteiger partial charge in [-0.05, 0) is 35.7 Å². The van der Waals surface area contributed by atoms with Crippen LogP contribution in [0.1, 0.15) is 19.4 Å². The van der Waals surface area contributed by atoms with Gasteiger partial charge in [0.05, 0.1) is 0 Å². The van der Waals surface area contributed by atoms with Crippen molar-refractivity contribution < 1.29 is 14.0 Å². The van der Waals surface area contributed by atoms with Crippen LogP contribution in [0.2, 0.25) is 0 Å². The summed E-state index contributed by atoms with van der Waals surface area (Å²) in [7, 11) is 1.64. The van der Waals surface area contributed by atoms with Crippen LogP contribution in [0.4, 0.5) is 14.9 Å². The second-order valence-corrected chi connectivity index (χ2v) is 6.51. The Labute approximate surface area is 153 Å². The average molecular weight is 357 g/mol. The van der Waals surface area contributed by atoms with Gasteiger partial charge in [-0.1, -0.05) is 44.2 Å². The number of urea groups is 1. The van der Waals surface area contributed by atoms with Gasteiger partial charge in [0.25, 0.3) is 0 Å². The Kier molecular flexibility index (Phi) is 6.72. The number of anilines is 1. The van der Waals surface area contributed by atoms with E-state index in [1.807, 2.05) is 32.0 Å². The maximum Gasteiger partial charge on any atom is 0.319 e. The van der Waals surface area contributed by atoms with E-state index in [-0.39, 0.29) is 24.2 Å². The van der Waals surface area contributed by atoms with Crippen molar-refractivity contribution in [3.63, 3.8) is 0 Å². The van der Waals surface area contributed by atoms with Gasteiger partial charge < -0.3 is 15.5 Å². The van der Waals surface area contributed by atoms with E-state index in [1.54, 1.807) is 31.3 Å². The first-order valence-corrected chi connectivity index (χ1v) is 8.49. The molecule has 0 radical (unpaired) electrons. The minimum absolute atomic E-state index is 0.0982. The largest absolute Gasteiger partial charge is 0.340 e. The Morgan fingerprint density at radius 1 is 1.08 bits per heavy atom. The van der Waals surface area contributed by atoms with Crippen LogP contribution in [0.15, 0.2) is 54.6 Å². The van der Waals surface area contributed by atoms with Gasteiger partial charge in [0.15, 0.2) is 0 Å². The predicted octanol–water partition coefficient (Wildman–Crippen LogP) is 3.63. The maximum atomic E-state index is 13.3. The molecule has 2 rings (SSSR count). The molecular formula is C20H24FN3O2. The van der Waals surface area contributed by atoms with E-state index in [0.29, 0.717) is 11.3 Å². The number of amides is 3. The molecule has 0 saturated heterocycles. The molecule has 6 heteroatoms. The summed E-state index contributed by atoms with van der Waals surface area (Å²) in [5, 5.41) is 5.44. The Morgan fingerprint density at radius 2 is 1.77 bits per heavy atom. The minimum atomic E-state index is -0.683. The summed E-state index contributed by atoms with van der Waals surface area (Å²) in [4.78, 5) is 26.5. The molecule has 2 aromatic carbocycles. The Hall–Kier alpha value is -2.89. The van der Waals surface area contributed by atoms with Gasteiger partial charge in [0, 0.05) is 19.3 Å². The molecule has 0 bridgehead atoms. The van der Waals surface area contributed by atoms with Gasteiger partial charge in [0.2, 0.25) is 5.91 Å². The fourth-order valence-corrected chi connectivity index (χ4v) is 2.57. The number of carbonyl (C=O) groups is 2. The SMILES string of the molecule is CC(C)C(NC(=O)Nc1ccccc1)C(=O)N(C)Cc1cccc(F)c1. The third kappa shape index (κ3) is 5.58. The van der Waals surface area contributed by atoms with Crippen molar-refractivity contribution in [3.05, 3.63) is 66.0 Å². The maximum absolute atomic E-state index is 13.3. The molecular weight excluding hydrogens is 333 g/mol. The van der Waals surface area contributed by atoms with Crippen LogP contribution >= 0.6 is 0 Å². The molecule has 138 valence electrons. The normalized spacial score (nSPS) is 11.7. The Bertz CT molecular complexity index is 750. The monoisotopic (exact) mass is 357 g/mol. The number of para-hydroxylation sites is 1. The summed E-state index contributed by atoms with van der Waals surface area (Å²) in [5.74, 6) is -0.671. The van der Waals surface area contributed by atoms with Crippen LogP contribution in [0.3, 0.4) is 0 Å². The molecule has 1 atom stereocenters. The van der Waals surface area contributed by atoms with Crippen molar-refractivity contribution in [1.82, 2.24) is 10.2 Å². The first-order valence-electron chi connectivity index (χ1n) is 8.49. The van der Waals surface area contributed by atoms with Gasteiger partial charge in [-0.2, -0.15) is 0 Å². The van der Waals surface area contributed by atoms with Crippen LogP contribution in [-0.2, 0) is 11.3 Å². The second kappa shape index (κ2) is 8.99. The van der Waals surface area contributed by atoms with Crippen molar-refractivity contribution in [2.24, 2.45) is 5.92 Å². The number of nitrogens with zero attached hydrogens (tertiary/aromatic N) is 1. The highest BCUT2D eigenvalue weighted by molar-refractivity contribution is 5.93. The van der Waals surface area contributed by atoms with Crippen molar-refractivity contribution in [2.45, 2.75) is 26.4 Å². The zero-order valence-electron chi connectivity index (χ0n) is 15.2. The Morgan fingerprint density at radius 3 is 2.38 bits per heavy atom. The summed E-state index contributed by atoms with van der Waals surface area (Å²) >= 11 is 0. The molecule has 2 N–H and O–H groups in total. The van der Waals surface area contributed by atoms with Crippen LogP contribution in [-0.4, -0.2) is 29.9 Å². The molecule has 0 aromatic heterocycles. The molecule has 1 unspecified atom stereocenters. The first-order chi connectivity index (χ1) is 12.4. The van der Waals surface area contributed by atoms with E-state index < -0.39 is 12.1 Å². The number of rotatable bonds is 6. The highest BCUT2D eigenvalue weighted by Gasteiger charge is 2.27. The Balaban J connectivity index is 2.00. The lowest BCUT2D eigenvalue weighted by atomic mass is 10.0. The molecule has 0 fully saturated rings. The summed E-state index contributed by atoms with van der Waals surface area (Å²) in [6, 6.07) is 14.0. The van der Waals surface area contributed by atoms with Crippen molar-refractivity contribution in [3.8, 4) is 0 Å². The van der Waals surface area contributed by atoms with Crippen LogP contribution in [0, 0.1) is 11.7 Å². The molecule has 0 aliphatic rings. The van der Waals surface area contributed by atoms with E-state index in [1.165, 1.54) is 17.0 Å². The van der Waals surface area contributed by atoms with E-state index >= 15 is 0 Å². The third-order valence-electron chi connectivity index (χ3n) is 3.94. The van der Waals surface area contributed by atoms with E-state index in [4.69, 9.17) is 0 Å². The van der Waals surface area contributed by atoms with Gasteiger partial charge in [-0.3, -0.25) is 4.79 Å². The molecule has 0 aliphatic heterocycles. The summed E-state index contributed by atoms with van der Waals surface area (Å²) in [5.41, 5.74) is 1.34. The molecule has 5 nitrogen and oxygen atoms in total. The molecule has 0 aliphatic carbocycles. The smallest absolute Gasteiger partial charge is 0.319 e. The fourth-order valence-electron chi connectivity index (χ4n) is 2.57. The summed E-state index contributed by atoms with van der Waals surface area (Å²) in [6.07, 6.45) is 0. The molecule has 3 amide bonds. The zero-order chi connectivity index (χ0) is 19.1. The highest BCUT2D eigenvalue weighted by atomic mass is 19.1. The molecule has 0 saturated carbocycles. The number of halogens is 1. The van der Waals surface area contributed by atoms with Crippen LogP contribution in [0.25, 0.3) is 0 Å². The first kappa shape index (κ1) is 19.4. The van der Waals surface area contributed by atoms with Gasteiger partial charge in [-0.25, -0.2) is 9.18 Å². The van der Waals surface area contributed by atoms with Crippen LogP contribution < -0.4 is 10.6 Å². The second-order valence-electron chi connectivity index (χ2n) is 6.51.